The summed E-state index contributed by atoms with van der Waals surface area (Å²) in [5.74, 6) is 0.713. The maximum atomic E-state index is 10.9. The molecule has 1 heterocycles. The van der Waals surface area contributed by atoms with Crippen LogP contribution >= 0.6 is 11.6 Å². The number of rotatable bonds is 5. The van der Waals surface area contributed by atoms with Crippen LogP contribution in [0.5, 0.6) is 0 Å². The number of cyclic esters (lactones) is 1. The number of hydrogen-bond donors (Lipinski definition) is 0. The number of hydrogen-bond acceptors (Lipinski definition) is 2. The fourth-order valence-corrected chi connectivity index (χ4v) is 1.39. The van der Waals surface area contributed by atoms with E-state index in [1.54, 1.807) is 4.90 Å². The van der Waals surface area contributed by atoms with E-state index >= 15 is 0 Å². The van der Waals surface area contributed by atoms with Gasteiger partial charge in [-0.15, -0.1) is 11.6 Å². The number of halogens is 1. The maximum absolute atomic E-state index is 10.9. The van der Waals surface area contributed by atoms with Gasteiger partial charge in [-0.1, -0.05) is 6.42 Å². The minimum Gasteiger partial charge on any atom is -0.448 e. The van der Waals surface area contributed by atoms with E-state index in [0.717, 1.165) is 32.4 Å². The van der Waals surface area contributed by atoms with E-state index in [4.69, 9.17) is 16.3 Å². The molecule has 4 heteroatoms. The number of nitrogens with zero attached hydrogens (tertiary/aromatic N) is 1. The highest BCUT2D eigenvalue weighted by Crippen LogP contribution is 2.06. The molecular weight excluding hydrogens is 178 g/mol. The lowest BCUT2D eigenvalue weighted by molar-refractivity contribution is 0.158. The van der Waals surface area contributed by atoms with Crippen molar-refractivity contribution in [2.24, 2.45) is 0 Å². The van der Waals surface area contributed by atoms with Gasteiger partial charge in [-0.05, 0) is 12.8 Å². The monoisotopic (exact) mass is 191 g/mol. The first-order valence-corrected chi connectivity index (χ1v) is 4.85. The predicted octanol–water partition coefficient (Wildman–Crippen LogP) is 1.85. The van der Waals surface area contributed by atoms with Gasteiger partial charge in [-0.25, -0.2) is 4.79 Å². The summed E-state index contributed by atoms with van der Waals surface area (Å²) in [7, 11) is 0. The van der Waals surface area contributed by atoms with Crippen LogP contribution in [0.3, 0.4) is 0 Å². The van der Waals surface area contributed by atoms with Crippen LogP contribution in [0.25, 0.3) is 0 Å². The molecule has 1 aliphatic heterocycles. The fourth-order valence-electron chi connectivity index (χ4n) is 1.20. The molecule has 1 fully saturated rings. The summed E-state index contributed by atoms with van der Waals surface area (Å²) in [6.45, 7) is 2.11. The SMILES string of the molecule is O=C1OCCN1CCCCCCl. The smallest absolute Gasteiger partial charge is 0.409 e. The Morgan fingerprint density at radius 3 is 2.83 bits per heavy atom. The van der Waals surface area contributed by atoms with Crippen LogP contribution in [-0.4, -0.2) is 36.6 Å². The second-order valence-corrected chi connectivity index (χ2v) is 3.23. The first-order valence-electron chi connectivity index (χ1n) is 4.32. The molecule has 0 aromatic rings. The molecule has 0 aromatic heterocycles. The molecule has 0 unspecified atom stereocenters. The van der Waals surface area contributed by atoms with Crippen molar-refractivity contribution in [1.82, 2.24) is 4.90 Å². The number of amides is 1. The number of carbonyl (C=O) groups excluding carboxylic acids is 1. The van der Waals surface area contributed by atoms with Crippen LogP contribution in [0.4, 0.5) is 4.79 Å². The molecule has 0 N–H and O–H groups in total. The summed E-state index contributed by atoms with van der Waals surface area (Å²) in [4.78, 5) is 12.7. The Morgan fingerprint density at radius 1 is 1.42 bits per heavy atom. The van der Waals surface area contributed by atoms with E-state index in [0.29, 0.717) is 12.5 Å². The van der Waals surface area contributed by atoms with Gasteiger partial charge in [0.15, 0.2) is 0 Å². The summed E-state index contributed by atoms with van der Waals surface area (Å²) in [6.07, 6.45) is 2.99. The molecular formula is C8H14ClNO2. The first-order chi connectivity index (χ1) is 5.84. The molecule has 0 atom stereocenters. The van der Waals surface area contributed by atoms with Crippen LogP contribution < -0.4 is 0 Å². The zero-order chi connectivity index (χ0) is 8.81. The highest BCUT2D eigenvalue weighted by Gasteiger charge is 2.20. The first kappa shape index (κ1) is 9.65. The van der Waals surface area contributed by atoms with E-state index in [9.17, 15) is 4.79 Å². The van der Waals surface area contributed by atoms with Crippen molar-refractivity contribution in [2.75, 3.05) is 25.6 Å². The Hall–Kier alpha value is -0.440. The second-order valence-electron chi connectivity index (χ2n) is 2.85. The Balaban J connectivity index is 2.02. The minimum atomic E-state index is -0.166. The van der Waals surface area contributed by atoms with Crippen molar-refractivity contribution in [2.45, 2.75) is 19.3 Å². The molecule has 70 valence electrons. The topological polar surface area (TPSA) is 29.5 Å². The van der Waals surface area contributed by atoms with Crippen molar-refractivity contribution in [3.63, 3.8) is 0 Å². The predicted molar refractivity (Wildman–Crippen MR) is 47.5 cm³/mol. The standard InChI is InChI=1S/C8H14ClNO2/c9-4-2-1-3-5-10-6-7-12-8(10)11/h1-7H2. The molecule has 0 saturated carbocycles. The van der Waals surface area contributed by atoms with Crippen LogP contribution in [0.15, 0.2) is 0 Å². The normalized spacial score (nSPS) is 16.8. The van der Waals surface area contributed by atoms with Crippen LogP contribution in [0.2, 0.25) is 0 Å². The Bertz CT molecular complexity index is 152. The molecule has 0 spiro atoms. The fraction of sp³-hybridized carbons (Fsp3) is 0.875. The highest BCUT2D eigenvalue weighted by molar-refractivity contribution is 6.17. The average Bonchev–Trinajstić information content (AvgIpc) is 2.46. The number of ether oxygens (including phenoxy) is 1. The largest absolute Gasteiger partial charge is 0.448 e. The minimum absolute atomic E-state index is 0.166. The third-order valence-electron chi connectivity index (χ3n) is 1.91. The average molecular weight is 192 g/mol. The van der Waals surface area contributed by atoms with Crippen molar-refractivity contribution in [3.8, 4) is 0 Å². The van der Waals surface area contributed by atoms with Gasteiger partial charge in [0, 0.05) is 12.4 Å². The molecule has 1 saturated heterocycles. The van der Waals surface area contributed by atoms with Crippen LogP contribution in [0.1, 0.15) is 19.3 Å². The summed E-state index contributed by atoms with van der Waals surface area (Å²) in [6, 6.07) is 0. The van der Waals surface area contributed by atoms with E-state index in [1.807, 2.05) is 0 Å². The molecule has 0 aromatic carbocycles. The lowest BCUT2D eigenvalue weighted by Gasteiger charge is -2.11. The molecule has 1 aliphatic rings. The Morgan fingerprint density at radius 2 is 2.25 bits per heavy atom. The van der Waals surface area contributed by atoms with E-state index in [-0.39, 0.29) is 6.09 Å². The number of carbonyl (C=O) groups is 1. The van der Waals surface area contributed by atoms with Gasteiger partial charge in [0.2, 0.25) is 0 Å². The molecule has 0 aliphatic carbocycles. The van der Waals surface area contributed by atoms with Crippen LogP contribution in [0, 0.1) is 0 Å². The van der Waals surface area contributed by atoms with Gasteiger partial charge in [-0.3, -0.25) is 0 Å². The van der Waals surface area contributed by atoms with Gasteiger partial charge in [0.1, 0.15) is 6.61 Å². The lowest BCUT2D eigenvalue weighted by Crippen LogP contribution is -2.25. The lowest BCUT2D eigenvalue weighted by atomic mass is 10.2. The summed E-state index contributed by atoms with van der Waals surface area (Å²) < 4.78 is 4.78. The van der Waals surface area contributed by atoms with Crippen molar-refractivity contribution >= 4 is 17.7 Å². The van der Waals surface area contributed by atoms with E-state index in [2.05, 4.69) is 0 Å². The maximum Gasteiger partial charge on any atom is 0.409 e. The van der Waals surface area contributed by atoms with Gasteiger partial charge < -0.3 is 9.64 Å². The van der Waals surface area contributed by atoms with Crippen molar-refractivity contribution < 1.29 is 9.53 Å². The van der Waals surface area contributed by atoms with Crippen molar-refractivity contribution in [3.05, 3.63) is 0 Å². The quantitative estimate of drug-likeness (QED) is 0.490. The Labute approximate surface area is 77.6 Å². The molecule has 0 radical (unpaired) electrons. The van der Waals surface area contributed by atoms with Crippen molar-refractivity contribution in [1.29, 1.82) is 0 Å². The molecule has 3 nitrogen and oxygen atoms in total. The number of alkyl halides is 1. The number of unbranched alkanes of at least 4 members (excludes halogenated alkanes) is 2. The van der Waals surface area contributed by atoms with E-state index < -0.39 is 0 Å². The van der Waals surface area contributed by atoms with Gasteiger partial charge >= 0.3 is 6.09 Å². The molecule has 1 rings (SSSR count). The zero-order valence-corrected chi connectivity index (χ0v) is 7.85. The third kappa shape index (κ3) is 2.89. The molecule has 0 bridgehead atoms. The van der Waals surface area contributed by atoms with Gasteiger partial charge in [0.25, 0.3) is 0 Å². The third-order valence-corrected chi connectivity index (χ3v) is 2.17. The highest BCUT2D eigenvalue weighted by atomic mass is 35.5. The second kappa shape index (κ2) is 5.25. The van der Waals surface area contributed by atoms with Gasteiger partial charge in [-0.2, -0.15) is 0 Å². The summed E-state index contributed by atoms with van der Waals surface area (Å²) >= 11 is 5.52. The van der Waals surface area contributed by atoms with E-state index in [1.165, 1.54) is 0 Å². The van der Waals surface area contributed by atoms with Gasteiger partial charge in [0.05, 0.1) is 6.54 Å². The summed E-state index contributed by atoms with van der Waals surface area (Å²) in [5, 5.41) is 0. The zero-order valence-electron chi connectivity index (χ0n) is 7.09. The molecule has 12 heavy (non-hydrogen) atoms. The van der Waals surface area contributed by atoms with Crippen LogP contribution in [-0.2, 0) is 4.74 Å². The summed E-state index contributed by atoms with van der Waals surface area (Å²) in [5.41, 5.74) is 0. The molecule has 1 amide bonds. The Kier molecular flexibility index (Phi) is 4.22.